The first kappa shape index (κ1) is 23.9. The molecule has 0 bridgehead atoms. The second kappa shape index (κ2) is 10.4. The molecule has 2 aromatic carbocycles. The van der Waals surface area contributed by atoms with Gasteiger partial charge in [-0.3, -0.25) is 5.32 Å². The van der Waals surface area contributed by atoms with E-state index in [1.807, 2.05) is 61.5 Å². The molecule has 0 saturated carbocycles. The highest BCUT2D eigenvalue weighted by Gasteiger charge is 2.33. The van der Waals surface area contributed by atoms with Crippen LogP contribution in [0.4, 0.5) is 0 Å². The van der Waals surface area contributed by atoms with Crippen LogP contribution in [0.5, 0.6) is 0 Å². The van der Waals surface area contributed by atoms with Crippen molar-refractivity contribution >= 4 is 28.5 Å². The molecule has 3 heterocycles. The number of hydrogen-bond donors (Lipinski definition) is 1. The molecule has 0 unspecified atom stereocenters. The van der Waals surface area contributed by atoms with Gasteiger partial charge in [0.25, 0.3) is 0 Å². The first-order valence-electron chi connectivity index (χ1n) is 12.2. The third-order valence-corrected chi connectivity index (χ3v) is 6.90. The Morgan fingerprint density at radius 2 is 2.06 bits per heavy atom. The summed E-state index contributed by atoms with van der Waals surface area (Å²) in [6, 6.07) is 17.5. The highest BCUT2D eigenvalue weighted by Crippen LogP contribution is 2.34. The van der Waals surface area contributed by atoms with E-state index >= 15 is 0 Å². The van der Waals surface area contributed by atoms with E-state index in [2.05, 4.69) is 38.1 Å². The molecule has 9 heteroatoms. The quantitative estimate of drug-likeness (QED) is 0.156. The number of likely N-dealkylation sites (tertiary alicyclic amines) is 1. The molecule has 0 aliphatic carbocycles. The summed E-state index contributed by atoms with van der Waals surface area (Å²) in [7, 11) is 0. The summed E-state index contributed by atoms with van der Waals surface area (Å²) in [4.78, 5) is 7.12. The maximum absolute atomic E-state index is 9.56. The lowest BCUT2D eigenvalue weighted by Gasteiger charge is -2.27. The van der Waals surface area contributed by atoms with E-state index in [0.717, 1.165) is 59.7 Å². The molecule has 1 fully saturated rings. The highest BCUT2D eigenvalue weighted by atomic mass is 35.5. The van der Waals surface area contributed by atoms with Crippen molar-refractivity contribution in [2.75, 3.05) is 6.54 Å². The molecule has 2 aromatic heterocycles. The number of hydrogen-bond acceptors (Lipinski definition) is 5. The highest BCUT2D eigenvalue weighted by molar-refractivity contribution is 6.30. The summed E-state index contributed by atoms with van der Waals surface area (Å²) in [5, 5.41) is 23.1. The van der Waals surface area contributed by atoms with Crippen molar-refractivity contribution in [3.05, 3.63) is 82.6 Å². The first-order chi connectivity index (χ1) is 17.6. The Balaban J connectivity index is 1.46. The van der Waals surface area contributed by atoms with Gasteiger partial charge >= 0.3 is 0 Å². The molecule has 1 aliphatic heterocycles. The van der Waals surface area contributed by atoms with Crippen LogP contribution >= 0.6 is 11.6 Å². The van der Waals surface area contributed by atoms with Gasteiger partial charge in [-0.15, -0.1) is 10.2 Å². The summed E-state index contributed by atoms with van der Waals surface area (Å²) in [5.41, 5.74) is 1.95. The van der Waals surface area contributed by atoms with Crippen molar-refractivity contribution in [2.45, 2.75) is 51.7 Å². The lowest BCUT2D eigenvalue weighted by atomic mass is 10.1. The Labute approximate surface area is 215 Å². The molecular weight excluding hydrogens is 474 g/mol. The third-order valence-electron chi connectivity index (χ3n) is 6.65. The van der Waals surface area contributed by atoms with Crippen LogP contribution in [0.1, 0.15) is 61.2 Å². The number of para-hydroxylation sites is 1. The number of nitriles is 1. The molecule has 4 aromatic rings. The van der Waals surface area contributed by atoms with Gasteiger partial charge in [-0.2, -0.15) is 5.26 Å². The molecule has 1 saturated heterocycles. The smallest absolute Gasteiger partial charge is 0.208 e. The average molecular weight is 502 g/mol. The standard InChI is InChI=1S/C27H28ClN7O/c1-3-22(25-15-20-7-4-5-9-24(20)36-25)31-27(30-17-29)34-14-6-8-23(34)26-33-32-18(2)35(26)16-19-10-12-21(28)13-11-19/h4-5,7,9-13,15,22-23H,3,6,8,14,16H2,1-2H3,(H,30,31)/t22-,23+/m0/s1. The van der Waals surface area contributed by atoms with Crippen LogP contribution in [-0.4, -0.2) is 32.2 Å². The molecule has 0 amide bonds. The number of fused-ring (bicyclic) bond motifs is 1. The molecule has 8 nitrogen and oxygen atoms in total. The molecule has 2 atom stereocenters. The summed E-state index contributed by atoms with van der Waals surface area (Å²) in [6.45, 7) is 5.44. The number of aliphatic imine (C=N–C) groups is 1. The number of nitrogens with one attached hydrogen (secondary N) is 1. The van der Waals surface area contributed by atoms with Crippen LogP contribution < -0.4 is 5.32 Å². The van der Waals surface area contributed by atoms with Gasteiger partial charge in [0.2, 0.25) is 5.96 Å². The molecule has 0 radical (unpaired) electrons. The summed E-state index contributed by atoms with van der Waals surface area (Å²) in [6.07, 6.45) is 4.68. The van der Waals surface area contributed by atoms with Crippen LogP contribution in [0.3, 0.4) is 0 Å². The third kappa shape index (κ3) is 4.79. The van der Waals surface area contributed by atoms with E-state index in [1.54, 1.807) is 0 Å². The minimum absolute atomic E-state index is 0.0497. The molecule has 184 valence electrons. The SMILES string of the molecule is CC[C@H](N=C(NC#N)N1CCC[C@@H]1c1nnc(C)n1Cc1ccc(Cl)cc1)c1cc2ccccc2o1. The number of nitrogens with zero attached hydrogens (tertiary/aromatic N) is 6. The Bertz CT molecular complexity index is 1380. The molecular formula is C27H28ClN7O. The van der Waals surface area contributed by atoms with Crippen molar-refractivity contribution in [1.29, 1.82) is 5.26 Å². The van der Waals surface area contributed by atoms with Gasteiger partial charge in [0.05, 0.1) is 12.6 Å². The summed E-state index contributed by atoms with van der Waals surface area (Å²) < 4.78 is 8.23. The van der Waals surface area contributed by atoms with Gasteiger partial charge in [-0.1, -0.05) is 48.9 Å². The van der Waals surface area contributed by atoms with Gasteiger partial charge in [0.1, 0.15) is 23.2 Å². The second-order valence-electron chi connectivity index (χ2n) is 8.97. The number of benzene rings is 2. The zero-order valence-corrected chi connectivity index (χ0v) is 21.1. The number of guanidine groups is 1. The Morgan fingerprint density at radius 3 is 2.81 bits per heavy atom. The van der Waals surface area contributed by atoms with Crippen LogP contribution in [-0.2, 0) is 6.54 Å². The lowest BCUT2D eigenvalue weighted by Crippen LogP contribution is -2.40. The van der Waals surface area contributed by atoms with E-state index < -0.39 is 0 Å². The van der Waals surface area contributed by atoms with Gasteiger partial charge in [0, 0.05) is 17.0 Å². The van der Waals surface area contributed by atoms with Crippen molar-refractivity contribution in [1.82, 2.24) is 25.0 Å². The van der Waals surface area contributed by atoms with Crippen LogP contribution in [0.2, 0.25) is 5.02 Å². The molecule has 0 spiro atoms. The van der Waals surface area contributed by atoms with Crippen LogP contribution in [0.15, 0.2) is 64.0 Å². The van der Waals surface area contributed by atoms with E-state index in [9.17, 15) is 5.26 Å². The summed E-state index contributed by atoms with van der Waals surface area (Å²) >= 11 is 6.07. The topological polar surface area (TPSA) is 95.3 Å². The first-order valence-corrected chi connectivity index (χ1v) is 12.6. The van der Waals surface area contributed by atoms with Gasteiger partial charge in [-0.05, 0) is 56.0 Å². The average Bonchev–Trinajstić information content (AvgIpc) is 3.62. The van der Waals surface area contributed by atoms with Crippen molar-refractivity contribution in [3.63, 3.8) is 0 Å². The van der Waals surface area contributed by atoms with E-state index in [0.29, 0.717) is 17.5 Å². The molecule has 5 rings (SSSR count). The predicted molar refractivity (Wildman–Crippen MR) is 139 cm³/mol. The fourth-order valence-electron chi connectivity index (χ4n) is 4.80. The van der Waals surface area contributed by atoms with Gasteiger partial charge < -0.3 is 13.9 Å². The normalized spacial score (nSPS) is 16.9. The molecule has 36 heavy (non-hydrogen) atoms. The van der Waals surface area contributed by atoms with E-state index in [-0.39, 0.29) is 12.1 Å². The second-order valence-corrected chi connectivity index (χ2v) is 9.41. The van der Waals surface area contributed by atoms with Gasteiger partial charge in [0.15, 0.2) is 12.0 Å². The van der Waals surface area contributed by atoms with Gasteiger partial charge in [-0.25, -0.2) is 4.99 Å². The number of furan rings is 1. The summed E-state index contributed by atoms with van der Waals surface area (Å²) in [5.74, 6) is 3.02. The van der Waals surface area contributed by atoms with E-state index in [1.165, 1.54) is 0 Å². The Morgan fingerprint density at radius 1 is 1.25 bits per heavy atom. The van der Waals surface area contributed by atoms with Crippen LogP contribution in [0, 0.1) is 18.4 Å². The fourth-order valence-corrected chi connectivity index (χ4v) is 4.92. The zero-order chi connectivity index (χ0) is 25.1. The van der Waals surface area contributed by atoms with E-state index in [4.69, 9.17) is 21.0 Å². The number of aryl methyl sites for hydroxylation is 1. The lowest BCUT2D eigenvalue weighted by molar-refractivity contribution is 0.359. The Kier molecular flexibility index (Phi) is 6.92. The van der Waals surface area contributed by atoms with Crippen molar-refractivity contribution in [3.8, 4) is 6.19 Å². The van der Waals surface area contributed by atoms with Crippen LogP contribution in [0.25, 0.3) is 11.0 Å². The zero-order valence-electron chi connectivity index (χ0n) is 20.4. The molecule has 1 N–H and O–H groups in total. The van der Waals surface area contributed by atoms with Crippen molar-refractivity contribution < 1.29 is 4.42 Å². The number of rotatable bonds is 6. The predicted octanol–water partition coefficient (Wildman–Crippen LogP) is 5.75. The minimum Gasteiger partial charge on any atom is -0.459 e. The fraction of sp³-hybridized carbons (Fsp3) is 0.333. The monoisotopic (exact) mass is 501 g/mol. The minimum atomic E-state index is -0.219. The van der Waals surface area contributed by atoms with Crippen molar-refractivity contribution in [2.24, 2.45) is 4.99 Å². The largest absolute Gasteiger partial charge is 0.459 e. The molecule has 1 aliphatic rings. The number of halogens is 1. The maximum atomic E-state index is 9.56. The maximum Gasteiger partial charge on any atom is 0.208 e. The number of aromatic nitrogens is 3. The Hall–Kier alpha value is -3.83.